The van der Waals surface area contributed by atoms with Gasteiger partial charge in [-0.05, 0) is 42.3 Å². The number of nitrogens with one attached hydrogen (secondary N) is 2. The van der Waals surface area contributed by atoms with Crippen LogP contribution in [0.4, 0.5) is 11.4 Å². The maximum absolute atomic E-state index is 12.4. The largest absolute Gasteiger partial charge is 0.493 e. The molecule has 0 heterocycles. The van der Waals surface area contributed by atoms with Crippen molar-refractivity contribution < 1.29 is 14.3 Å². The number of hydrogen-bond donors (Lipinski definition) is 2. The number of carbonyl (C=O) groups is 2. The minimum atomic E-state index is -0.232. The van der Waals surface area contributed by atoms with E-state index < -0.39 is 0 Å². The van der Waals surface area contributed by atoms with Crippen LogP contribution < -0.4 is 15.4 Å². The van der Waals surface area contributed by atoms with E-state index in [1.54, 1.807) is 42.5 Å². The highest BCUT2D eigenvalue weighted by Crippen LogP contribution is 2.18. The van der Waals surface area contributed by atoms with Crippen molar-refractivity contribution >= 4 is 23.2 Å². The molecule has 2 rings (SSSR count). The van der Waals surface area contributed by atoms with E-state index >= 15 is 0 Å². The average molecular weight is 326 g/mol. The van der Waals surface area contributed by atoms with Crippen molar-refractivity contribution in [2.75, 3.05) is 17.2 Å². The number of benzene rings is 2. The first kappa shape index (κ1) is 17.5. The van der Waals surface area contributed by atoms with Gasteiger partial charge in [0.2, 0.25) is 5.91 Å². The predicted octanol–water partition coefficient (Wildman–Crippen LogP) is 3.93. The van der Waals surface area contributed by atoms with Gasteiger partial charge in [-0.2, -0.15) is 0 Å². The Morgan fingerprint density at radius 3 is 2.33 bits per heavy atom. The van der Waals surface area contributed by atoms with Gasteiger partial charge in [-0.1, -0.05) is 26.0 Å². The van der Waals surface area contributed by atoms with Crippen LogP contribution in [0, 0.1) is 5.92 Å². The van der Waals surface area contributed by atoms with Gasteiger partial charge < -0.3 is 15.4 Å². The highest BCUT2D eigenvalue weighted by Gasteiger charge is 2.08. The Balaban J connectivity index is 2.07. The maximum Gasteiger partial charge on any atom is 0.255 e. The van der Waals surface area contributed by atoms with Crippen LogP contribution in [0.15, 0.2) is 48.5 Å². The zero-order chi connectivity index (χ0) is 17.5. The van der Waals surface area contributed by atoms with Crippen LogP contribution in [0.25, 0.3) is 0 Å². The van der Waals surface area contributed by atoms with E-state index in [9.17, 15) is 9.59 Å². The van der Waals surface area contributed by atoms with Crippen LogP contribution in [0.5, 0.6) is 5.75 Å². The Morgan fingerprint density at radius 2 is 1.67 bits per heavy atom. The molecule has 2 aromatic carbocycles. The molecule has 0 spiro atoms. The Morgan fingerprint density at radius 1 is 1.00 bits per heavy atom. The van der Waals surface area contributed by atoms with Crippen LogP contribution in [0.2, 0.25) is 0 Å². The number of anilines is 2. The van der Waals surface area contributed by atoms with Crippen LogP contribution in [0.3, 0.4) is 0 Å². The fourth-order valence-electron chi connectivity index (χ4n) is 2.07. The summed E-state index contributed by atoms with van der Waals surface area (Å²) < 4.78 is 5.64. The SMILES string of the molecule is CC(=O)Nc1cccc(NC(=O)c2cccc(OCC(C)C)c2)c1. The molecule has 126 valence electrons. The van der Waals surface area contributed by atoms with Gasteiger partial charge in [0, 0.05) is 23.9 Å². The van der Waals surface area contributed by atoms with E-state index in [-0.39, 0.29) is 11.8 Å². The Labute approximate surface area is 142 Å². The lowest BCUT2D eigenvalue weighted by Crippen LogP contribution is -2.13. The molecule has 0 atom stereocenters. The first-order valence-electron chi connectivity index (χ1n) is 7.86. The van der Waals surface area contributed by atoms with Gasteiger partial charge in [0.05, 0.1) is 6.61 Å². The number of hydrogen-bond acceptors (Lipinski definition) is 3. The molecule has 0 saturated heterocycles. The first-order chi connectivity index (χ1) is 11.4. The van der Waals surface area contributed by atoms with Gasteiger partial charge in [0.15, 0.2) is 0 Å². The average Bonchev–Trinajstić information content (AvgIpc) is 2.53. The van der Waals surface area contributed by atoms with Crippen LogP contribution in [-0.2, 0) is 4.79 Å². The quantitative estimate of drug-likeness (QED) is 0.845. The Hall–Kier alpha value is -2.82. The molecule has 2 N–H and O–H groups in total. The van der Waals surface area contributed by atoms with E-state index in [0.29, 0.717) is 35.2 Å². The second kappa shape index (κ2) is 8.15. The van der Waals surface area contributed by atoms with Crippen LogP contribution in [0.1, 0.15) is 31.1 Å². The molecule has 0 aliphatic carbocycles. The van der Waals surface area contributed by atoms with Gasteiger partial charge in [0.1, 0.15) is 5.75 Å². The number of carbonyl (C=O) groups excluding carboxylic acids is 2. The standard InChI is InChI=1S/C19H22N2O3/c1-13(2)12-24-18-9-4-6-15(10-18)19(23)21-17-8-5-7-16(11-17)20-14(3)22/h4-11,13H,12H2,1-3H3,(H,20,22)(H,21,23). The van der Waals surface area contributed by atoms with Crippen LogP contribution in [-0.4, -0.2) is 18.4 Å². The topological polar surface area (TPSA) is 67.4 Å². The molecule has 0 unspecified atom stereocenters. The molecule has 0 fully saturated rings. The number of amides is 2. The molecule has 5 nitrogen and oxygen atoms in total. The minimum absolute atomic E-state index is 0.159. The van der Waals surface area contributed by atoms with Gasteiger partial charge in [0.25, 0.3) is 5.91 Å². The molecule has 5 heteroatoms. The van der Waals surface area contributed by atoms with Crippen molar-refractivity contribution in [2.24, 2.45) is 5.92 Å². The minimum Gasteiger partial charge on any atom is -0.493 e. The molecule has 0 radical (unpaired) electrons. The maximum atomic E-state index is 12.4. The zero-order valence-corrected chi connectivity index (χ0v) is 14.1. The molecule has 0 saturated carbocycles. The second-order valence-electron chi connectivity index (χ2n) is 5.95. The number of ether oxygens (including phenoxy) is 1. The molecular formula is C19H22N2O3. The Bertz CT molecular complexity index is 726. The highest BCUT2D eigenvalue weighted by molar-refractivity contribution is 6.04. The van der Waals surface area contributed by atoms with Crippen LogP contribution >= 0.6 is 0 Å². The monoisotopic (exact) mass is 326 g/mol. The summed E-state index contributed by atoms with van der Waals surface area (Å²) in [6, 6.07) is 14.1. The molecule has 2 amide bonds. The van der Waals surface area contributed by atoms with E-state index in [1.807, 2.05) is 6.07 Å². The molecule has 0 aliphatic rings. The lowest BCUT2D eigenvalue weighted by atomic mass is 10.2. The van der Waals surface area contributed by atoms with Gasteiger partial charge in [-0.3, -0.25) is 9.59 Å². The second-order valence-corrected chi connectivity index (χ2v) is 5.95. The molecule has 0 aliphatic heterocycles. The normalized spacial score (nSPS) is 10.3. The van der Waals surface area contributed by atoms with Gasteiger partial charge in [-0.15, -0.1) is 0 Å². The smallest absolute Gasteiger partial charge is 0.255 e. The van der Waals surface area contributed by atoms with Crippen molar-refractivity contribution in [1.29, 1.82) is 0 Å². The summed E-state index contributed by atoms with van der Waals surface area (Å²) in [6.45, 7) is 6.18. The first-order valence-corrected chi connectivity index (χ1v) is 7.86. The van der Waals surface area contributed by atoms with E-state index in [2.05, 4.69) is 24.5 Å². The summed E-state index contributed by atoms with van der Waals surface area (Å²) in [6.07, 6.45) is 0. The van der Waals surface area contributed by atoms with Crippen molar-refractivity contribution in [3.05, 3.63) is 54.1 Å². The molecule has 2 aromatic rings. The molecule has 0 aromatic heterocycles. The predicted molar refractivity (Wildman–Crippen MR) is 95.5 cm³/mol. The lowest BCUT2D eigenvalue weighted by Gasteiger charge is -2.11. The lowest BCUT2D eigenvalue weighted by molar-refractivity contribution is -0.114. The van der Waals surface area contributed by atoms with E-state index in [4.69, 9.17) is 4.74 Å². The van der Waals surface area contributed by atoms with Crippen molar-refractivity contribution in [3.63, 3.8) is 0 Å². The highest BCUT2D eigenvalue weighted by atomic mass is 16.5. The van der Waals surface area contributed by atoms with Crippen molar-refractivity contribution in [1.82, 2.24) is 0 Å². The summed E-state index contributed by atoms with van der Waals surface area (Å²) in [4.78, 5) is 23.5. The summed E-state index contributed by atoms with van der Waals surface area (Å²) in [5, 5.41) is 5.50. The van der Waals surface area contributed by atoms with Crippen molar-refractivity contribution in [3.8, 4) is 5.75 Å². The summed E-state index contributed by atoms with van der Waals surface area (Å²) in [5.74, 6) is 0.695. The fourth-order valence-corrected chi connectivity index (χ4v) is 2.07. The van der Waals surface area contributed by atoms with Crippen molar-refractivity contribution in [2.45, 2.75) is 20.8 Å². The summed E-state index contributed by atoms with van der Waals surface area (Å²) >= 11 is 0. The van der Waals surface area contributed by atoms with E-state index in [0.717, 1.165) is 0 Å². The van der Waals surface area contributed by atoms with Gasteiger partial charge in [-0.25, -0.2) is 0 Å². The number of rotatable bonds is 6. The zero-order valence-electron chi connectivity index (χ0n) is 14.1. The third-order valence-electron chi connectivity index (χ3n) is 3.12. The summed E-state index contributed by atoms with van der Waals surface area (Å²) in [7, 11) is 0. The molecule has 24 heavy (non-hydrogen) atoms. The fraction of sp³-hybridized carbons (Fsp3) is 0.263. The third kappa shape index (κ3) is 5.43. The summed E-state index contributed by atoms with van der Waals surface area (Å²) in [5.41, 5.74) is 1.76. The Kier molecular flexibility index (Phi) is 5.95. The van der Waals surface area contributed by atoms with Gasteiger partial charge >= 0.3 is 0 Å². The molecule has 0 bridgehead atoms. The third-order valence-corrected chi connectivity index (χ3v) is 3.12. The molecular weight excluding hydrogens is 304 g/mol. The van der Waals surface area contributed by atoms with E-state index in [1.165, 1.54) is 6.92 Å².